The number of Topliss-reactive ketones (excluding diaryl/α,β-unsaturated/α-hetero) is 1. The van der Waals surface area contributed by atoms with Crippen LogP contribution in [0.5, 0.6) is 0 Å². The summed E-state index contributed by atoms with van der Waals surface area (Å²) in [7, 11) is 0. The lowest BCUT2D eigenvalue weighted by molar-refractivity contribution is -0.147. The van der Waals surface area contributed by atoms with Gasteiger partial charge in [0.15, 0.2) is 0 Å². The highest BCUT2D eigenvalue weighted by atomic mass is 16.5. The summed E-state index contributed by atoms with van der Waals surface area (Å²) in [6.45, 7) is 7.45. The lowest BCUT2D eigenvalue weighted by atomic mass is 9.90. The molecule has 1 rings (SSSR count). The van der Waals surface area contributed by atoms with Crippen LogP contribution >= 0.6 is 0 Å². The van der Waals surface area contributed by atoms with Gasteiger partial charge in [0.2, 0.25) is 0 Å². The zero-order valence-corrected chi connectivity index (χ0v) is 19.8. The molecule has 5 nitrogen and oxygen atoms in total. The highest BCUT2D eigenvalue weighted by molar-refractivity contribution is 5.89. The van der Waals surface area contributed by atoms with Crippen molar-refractivity contribution in [3.63, 3.8) is 0 Å². The lowest BCUT2D eigenvalue weighted by Crippen LogP contribution is -2.18. The first-order valence-electron chi connectivity index (χ1n) is 11.8. The van der Waals surface area contributed by atoms with E-state index in [0.717, 1.165) is 69.8 Å². The van der Waals surface area contributed by atoms with Crippen LogP contribution in [0.25, 0.3) is 0 Å². The average Bonchev–Trinajstić information content (AvgIpc) is 2.72. The maximum atomic E-state index is 12.1. The smallest absolute Gasteiger partial charge is 0.338 e. The molecule has 31 heavy (non-hydrogen) atoms. The van der Waals surface area contributed by atoms with Crippen molar-refractivity contribution >= 4 is 17.7 Å². The molecule has 0 aliphatic carbocycles. The van der Waals surface area contributed by atoms with Gasteiger partial charge in [-0.2, -0.15) is 0 Å². The number of hydrogen-bond donors (Lipinski definition) is 0. The van der Waals surface area contributed by atoms with E-state index in [1.165, 1.54) is 6.92 Å². The molecule has 0 radical (unpaired) electrons. The molecule has 0 saturated heterocycles. The maximum Gasteiger partial charge on any atom is 0.338 e. The number of aryl methyl sites for hydroxylation is 1. The Balaban J connectivity index is 2.43. The molecule has 5 heteroatoms. The summed E-state index contributed by atoms with van der Waals surface area (Å²) >= 11 is 0. The number of carbonyl (C=O) groups excluding carboxylic acids is 3. The van der Waals surface area contributed by atoms with Crippen molar-refractivity contribution in [3.8, 4) is 0 Å². The van der Waals surface area contributed by atoms with E-state index in [0.29, 0.717) is 12.2 Å². The third kappa shape index (κ3) is 11.7. The standard InChI is InChI=1S/C26H40O5/c1-5-7-8-14-25(31-21(4)28)15-10-13-23(20(3)27)12-9-11-22-16-18-24(19-17-22)26(29)30-6-2/h16-19,23,25H,5-15H2,1-4H3. The van der Waals surface area contributed by atoms with E-state index in [2.05, 4.69) is 6.92 Å². The number of rotatable bonds is 16. The average molecular weight is 433 g/mol. The summed E-state index contributed by atoms with van der Waals surface area (Å²) in [5, 5.41) is 0. The van der Waals surface area contributed by atoms with Crippen LogP contribution in [-0.4, -0.2) is 30.4 Å². The van der Waals surface area contributed by atoms with Gasteiger partial charge in [0, 0.05) is 12.8 Å². The van der Waals surface area contributed by atoms with E-state index in [4.69, 9.17) is 9.47 Å². The highest BCUT2D eigenvalue weighted by Gasteiger charge is 2.17. The van der Waals surface area contributed by atoms with Crippen molar-refractivity contribution in [1.82, 2.24) is 0 Å². The molecular formula is C26H40O5. The van der Waals surface area contributed by atoms with Gasteiger partial charge in [0.25, 0.3) is 0 Å². The number of benzene rings is 1. The largest absolute Gasteiger partial charge is 0.463 e. The Hall–Kier alpha value is -2.17. The van der Waals surface area contributed by atoms with Crippen LogP contribution in [0, 0.1) is 5.92 Å². The Bertz CT molecular complexity index is 665. The van der Waals surface area contributed by atoms with Crippen molar-refractivity contribution in [3.05, 3.63) is 35.4 Å². The van der Waals surface area contributed by atoms with Crippen LogP contribution in [0.2, 0.25) is 0 Å². The zero-order valence-electron chi connectivity index (χ0n) is 19.8. The van der Waals surface area contributed by atoms with E-state index in [9.17, 15) is 14.4 Å². The summed E-state index contributed by atoms with van der Waals surface area (Å²) in [4.78, 5) is 35.2. The molecular weight excluding hydrogens is 392 g/mol. The second kappa shape index (κ2) is 15.6. The fraction of sp³-hybridized carbons (Fsp3) is 0.654. The van der Waals surface area contributed by atoms with Crippen LogP contribution in [0.4, 0.5) is 0 Å². The van der Waals surface area contributed by atoms with Gasteiger partial charge in [0.1, 0.15) is 11.9 Å². The van der Waals surface area contributed by atoms with Crippen molar-refractivity contribution in [2.45, 2.75) is 98.0 Å². The summed E-state index contributed by atoms with van der Waals surface area (Å²) < 4.78 is 10.5. The van der Waals surface area contributed by atoms with Gasteiger partial charge in [-0.25, -0.2) is 4.79 Å². The number of esters is 2. The van der Waals surface area contributed by atoms with Crippen molar-refractivity contribution < 1.29 is 23.9 Å². The molecule has 0 spiro atoms. The van der Waals surface area contributed by atoms with Crippen molar-refractivity contribution in [2.75, 3.05) is 6.61 Å². The molecule has 0 aromatic heterocycles. The fourth-order valence-corrected chi connectivity index (χ4v) is 3.84. The first-order chi connectivity index (χ1) is 14.9. The minimum Gasteiger partial charge on any atom is -0.463 e. The lowest BCUT2D eigenvalue weighted by Gasteiger charge is -2.19. The molecule has 0 bridgehead atoms. The molecule has 0 amide bonds. The number of ether oxygens (including phenoxy) is 2. The quantitative estimate of drug-likeness (QED) is 0.234. The Morgan fingerprint density at radius 1 is 0.839 bits per heavy atom. The number of unbranched alkanes of at least 4 members (excludes halogenated alkanes) is 2. The molecule has 2 unspecified atom stereocenters. The number of hydrogen-bond acceptors (Lipinski definition) is 5. The van der Waals surface area contributed by atoms with Gasteiger partial charge in [-0.15, -0.1) is 0 Å². The predicted molar refractivity (Wildman–Crippen MR) is 123 cm³/mol. The summed E-state index contributed by atoms with van der Waals surface area (Å²) in [6, 6.07) is 7.50. The van der Waals surface area contributed by atoms with E-state index >= 15 is 0 Å². The van der Waals surface area contributed by atoms with Gasteiger partial charge in [0.05, 0.1) is 12.2 Å². The summed E-state index contributed by atoms with van der Waals surface area (Å²) in [5.74, 6) is -0.244. The number of carbonyl (C=O) groups is 3. The molecule has 0 saturated carbocycles. The predicted octanol–water partition coefficient (Wildman–Crippen LogP) is 6.07. The van der Waals surface area contributed by atoms with Gasteiger partial charge in [-0.1, -0.05) is 31.9 Å². The topological polar surface area (TPSA) is 69.7 Å². The molecule has 1 aromatic carbocycles. The van der Waals surface area contributed by atoms with E-state index in [-0.39, 0.29) is 29.7 Å². The van der Waals surface area contributed by atoms with Crippen LogP contribution < -0.4 is 0 Å². The van der Waals surface area contributed by atoms with Gasteiger partial charge in [-0.05, 0) is 82.9 Å². The van der Waals surface area contributed by atoms with Crippen LogP contribution in [0.3, 0.4) is 0 Å². The molecule has 0 heterocycles. The SMILES string of the molecule is CCCCCC(CCCC(CCCc1ccc(C(=O)OCC)cc1)C(C)=O)OC(C)=O. The van der Waals surface area contributed by atoms with Crippen LogP contribution in [0.15, 0.2) is 24.3 Å². The van der Waals surface area contributed by atoms with Gasteiger partial charge >= 0.3 is 11.9 Å². The second-order valence-corrected chi connectivity index (χ2v) is 8.28. The molecule has 0 N–H and O–H groups in total. The Kier molecular flexibility index (Phi) is 13.5. The molecule has 0 aliphatic rings. The molecule has 2 atom stereocenters. The van der Waals surface area contributed by atoms with Crippen LogP contribution in [-0.2, 0) is 25.5 Å². The zero-order chi connectivity index (χ0) is 23.1. The van der Waals surface area contributed by atoms with E-state index < -0.39 is 0 Å². The minimum absolute atomic E-state index is 0.0328. The third-order valence-corrected chi connectivity index (χ3v) is 5.60. The monoisotopic (exact) mass is 432 g/mol. The fourth-order valence-electron chi connectivity index (χ4n) is 3.84. The highest BCUT2D eigenvalue weighted by Crippen LogP contribution is 2.21. The molecule has 1 aromatic rings. The first kappa shape index (κ1) is 26.9. The summed E-state index contributed by atoms with van der Waals surface area (Å²) in [6.07, 6.45) is 9.43. The van der Waals surface area contributed by atoms with Gasteiger partial charge < -0.3 is 9.47 Å². The second-order valence-electron chi connectivity index (χ2n) is 8.28. The number of ketones is 1. The van der Waals surface area contributed by atoms with Crippen LogP contribution in [0.1, 0.15) is 101 Å². The Morgan fingerprint density at radius 2 is 1.48 bits per heavy atom. The molecule has 174 valence electrons. The Labute approximate surface area is 187 Å². The Morgan fingerprint density at radius 3 is 2.06 bits per heavy atom. The first-order valence-corrected chi connectivity index (χ1v) is 11.8. The van der Waals surface area contributed by atoms with E-state index in [1.54, 1.807) is 26.0 Å². The molecule has 0 fully saturated rings. The van der Waals surface area contributed by atoms with Crippen molar-refractivity contribution in [1.29, 1.82) is 0 Å². The third-order valence-electron chi connectivity index (χ3n) is 5.60. The molecule has 0 aliphatic heterocycles. The maximum absolute atomic E-state index is 12.1. The van der Waals surface area contributed by atoms with Crippen molar-refractivity contribution in [2.24, 2.45) is 5.92 Å². The van der Waals surface area contributed by atoms with E-state index in [1.807, 2.05) is 12.1 Å². The minimum atomic E-state index is -0.299. The summed E-state index contributed by atoms with van der Waals surface area (Å²) in [5.41, 5.74) is 1.72. The normalized spacial score (nSPS) is 12.8. The van der Waals surface area contributed by atoms with Gasteiger partial charge in [-0.3, -0.25) is 9.59 Å².